The van der Waals surface area contributed by atoms with Crippen LogP contribution in [0.25, 0.3) is 0 Å². The Bertz CT molecular complexity index is 680. The average molecular weight is 403 g/mol. The average Bonchev–Trinajstić information content (AvgIpc) is 3.18. The van der Waals surface area contributed by atoms with Crippen LogP contribution in [0.3, 0.4) is 0 Å². The third-order valence-electron chi connectivity index (χ3n) is 5.46. The van der Waals surface area contributed by atoms with E-state index in [-0.39, 0.29) is 12.1 Å². The van der Waals surface area contributed by atoms with Crippen LogP contribution in [0.1, 0.15) is 64.5 Å². The number of carbonyl (C=O) groups excluding carboxylic acids is 2. The molecule has 0 bridgehead atoms. The van der Waals surface area contributed by atoms with Crippen molar-refractivity contribution in [3.05, 3.63) is 35.9 Å². The number of hydrogen-bond donors (Lipinski definition) is 0. The first-order valence-corrected chi connectivity index (χ1v) is 10.8. The number of amides is 1. The van der Waals surface area contributed by atoms with Crippen LogP contribution in [0.2, 0.25) is 0 Å². The molecule has 0 aromatic heterocycles. The Labute approximate surface area is 174 Å². The number of nitrogens with zero attached hydrogens (tertiary/aromatic N) is 2. The van der Waals surface area contributed by atoms with E-state index in [1.807, 2.05) is 51.1 Å². The van der Waals surface area contributed by atoms with Crippen molar-refractivity contribution in [2.75, 3.05) is 26.2 Å². The zero-order chi connectivity index (χ0) is 20.9. The lowest BCUT2D eigenvalue weighted by molar-refractivity contribution is -0.155. The quantitative estimate of drug-likeness (QED) is 0.692. The van der Waals surface area contributed by atoms with Gasteiger partial charge in [0.05, 0.1) is 0 Å². The molecule has 2 aliphatic rings. The van der Waals surface area contributed by atoms with Crippen molar-refractivity contribution in [3.63, 3.8) is 0 Å². The van der Waals surface area contributed by atoms with Crippen LogP contribution >= 0.6 is 0 Å². The summed E-state index contributed by atoms with van der Waals surface area (Å²) in [5, 5.41) is 0. The summed E-state index contributed by atoms with van der Waals surface area (Å²) < 4.78 is 11.5. The van der Waals surface area contributed by atoms with Crippen LogP contribution < -0.4 is 0 Å². The first-order valence-electron chi connectivity index (χ1n) is 10.8. The standard InChI is InChI=1S/C23H34N2O4/c1-23(2,3)29-22(27)25-16-10-13-19(25)21(26)28-20(18-11-6-4-7-12-18)17-24-14-8-5-9-15-24/h4,6-7,11-12,19-20H,5,8-10,13-17H2,1-3H3/t19-,20+/m0/s1. The Kier molecular flexibility index (Phi) is 7.17. The van der Waals surface area contributed by atoms with E-state index in [0.717, 1.165) is 25.1 Å². The van der Waals surface area contributed by atoms with Crippen LogP contribution in [0.15, 0.2) is 30.3 Å². The topological polar surface area (TPSA) is 59.1 Å². The zero-order valence-corrected chi connectivity index (χ0v) is 17.9. The molecular weight excluding hydrogens is 368 g/mol. The Morgan fingerprint density at radius 2 is 1.72 bits per heavy atom. The minimum absolute atomic E-state index is 0.331. The number of benzene rings is 1. The number of esters is 1. The Hall–Kier alpha value is -2.08. The number of carbonyl (C=O) groups is 2. The summed E-state index contributed by atoms with van der Waals surface area (Å²) in [5.41, 5.74) is 0.405. The van der Waals surface area contributed by atoms with Gasteiger partial charge in [-0.2, -0.15) is 0 Å². The van der Waals surface area contributed by atoms with E-state index >= 15 is 0 Å². The number of ether oxygens (including phenoxy) is 2. The molecule has 1 amide bonds. The molecule has 2 atom stereocenters. The minimum atomic E-state index is -0.588. The van der Waals surface area contributed by atoms with Crippen LogP contribution in [-0.2, 0) is 14.3 Å². The van der Waals surface area contributed by atoms with E-state index in [1.54, 1.807) is 0 Å². The van der Waals surface area contributed by atoms with Crippen LogP contribution in [-0.4, -0.2) is 59.7 Å². The van der Waals surface area contributed by atoms with Gasteiger partial charge in [-0.15, -0.1) is 0 Å². The highest BCUT2D eigenvalue weighted by molar-refractivity contribution is 5.82. The fourth-order valence-electron chi connectivity index (χ4n) is 4.02. The third kappa shape index (κ3) is 6.20. The Balaban J connectivity index is 1.69. The summed E-state index contributed by atoms with van der Waals surface area (Å²) in [7, 11) is 0. The first kappa shape index (κ1) is 21.6. The van der Waals surface area contributed by atoms with Gasteiger partial charge in [0.2, 0.25) is 0 Å². The molecule has 160 valence electrons. The molecule has 1 aromatic rings. The van der Waals surface area contributed by atoms with E-state index in [4.69, 9.17) is 9.47 Å². The summed E-state index contributed by atoms with van der Waals surface area (Å²) in [6.45, 7) is 8.78. The predicted octanol–water partition coefficient (Wildman–Crippen LogP) is 4.16. The molecule has 6 nitrogen and oxygen atoms in total. The molecule has 0 spiro atoms. The summed E-state index contributed by atoms with van der Waals surface area (Å²) in [6, 6.07) is 9.33. The molecule has 0 saturated carbocycles. The maximum atomic E-state index is 13.1. The molecule has 0 radical (unpaired) electrons. The third-order valence-corrected chi connectivity index (χ3v) is 5.46. The van der Waals surface area contributed by atoms with Gasteiger partial charge < -0.3 is 9.47 Å². The largest absolute Gasteiger partial charge is 0.455 e. The molecule has 2 heterocycles. The van der Waals surface area contributed by atoms with E-state index in [0.29, 0.717) is 19.5 Å². The molecule has 6 heteroatoms. The van der Waals surface area contributed by atoms with Gasteiger partial charge in [-0.3, -0.25) is 9.80 Å². The first-order chi connectivity index (χ1) is 13.8. The number of likely N-dealkylation sites (tertiary alicyclic amines) is 2. The van der Waals surface area contributed by atoms with Gasteiger partial charge in [0, 0.05) is 13.1 Å². The van der Waals surface area contributed by atoms with Crippen molar-refractivity contribution in [3.8, 4) is 0 Å². The Morgan fingerprint density at radius 3 is 2.38 bits per heavy atom. The maximum absolute atomic E-state index is 13.1. The number of rotatable bonds is 5. The fraction of sp³-hybridized carbons (Fsp3) is 0.652. The van der Waals surface area contributed by atoms with Gasteiger partial charge >= 0.3 is 12.1 Å². The van der Waals surface area contributed by atoms with Crippen molar-refractivity contribution in [2.24, 2.45) is 0 Å². The lowest BCUT2D eigenvalue weighted by Crippen LogP contribution is -2.45. The fourth-order valence-corrected chi connectivity index (χ4v) is 4.02. The second-order valence-corrected chi connectivity index (χ2v) is 9.03. The highest BCUT2D eigenvalue weighted by atomic mass is 16.6. The van der Waals surface area contributed by atoms with Crippen molar-refractivity contribution < 1.29 is 19.1 Å². The number of hydrogen-bond acceptors (Lipinski definition) is 5. The van der Waals surface area contributed by atoms with E-state index < -0.39 is 17.7 Å². The molecule has 2 saturated heterocycles. The van der Waals surface area contributed by atoms with Crippen LogP contribution in [0.4, 0.5) is 4.79 Å². The van der Waals surface area contributed by atoms with E-state index in [1.165, 1.54) is 24.2 Å². The SMILES string of the molecule is CC(C)(C)OC(=O)N1CCC[C@H]1C(=O)O[C@H](CN1CCCCC1)c1ccccc1. The summed E-state index contributed by atoms with van der Waals surface area (Å²) >= 11 is 0. The van der Waals surface area contributed by atoms with Crippen molar-refractivity contribution in [2.45, 2.75) is 70.6 Å². The van der Waals surface area contributed by atoms with Gasteiger partial charge in [0.25, 0.3) is 0 Å². The van der Waals surface area contributed by atoms with Crippen LogP contribution in [0.5, 0.6) is 0 Å². The Morgan fingerprint density at radius 1 is 1.03 bits per heavy atom. The lowest BCUT2D eigenvalue weighted by Gasteiger charge is -2.32. The number of piperidine rings is 1. The molecular formula is C23H34N2O4. The zero-order valence-electron chi connectivity index (χ0n) is 17.9. The molecule has 1 aromatic carbocycles. The van der Waals surface area contributed by atoms with Crippen molar-refractivity contribution in [1.82, 2.24) is 9.80 Å². The van der Waals surface area contributed by atoms with Crippen molar-refractivity contribution in [1.29, 1.82) is 0 Å². The van der Waals surface area contributed by atoms with Crippen molar-refractivity contribution >= 4 is 12.1 Å². The van der Waals surface area contributed by atoms with Gasteiger partial charge in [0.1, 0.15) is 17.7 Å². The smallest absolute Gasteiger partial charge is 0.411 e. The highest BCUT2D eigenvalue weighted by Crippen LogP contribution is 2.26. The second-order valence-electron chi connectivity index (χ2n) is 9.03. The molecule has 2 fully saturated rings. The summed E-state index contributed by atoms with van der Waals surface area (Å²) in [6.07, 6.45) is 4.26. The molecule has 0 N–H and O–H groups in total. The van der Waals surface area contributed by atoms with Gasteiger partial charge in [-0.1, -0.05) is 36.8 Å². The minimum Gasteiger partial charge on any atom is -0.455 e. The van der Waals surface area contributed by atoms with Gasteiger partial charge in [-0.05, 0) is 65.1 Å². The maximum Gasteiger partial charge on any atom is 0.411 e. The van der Waals surface area contributed by atoms with Gasteiger partial charge in [0.15, 0.2) is 0 Å². The summed E-state index contributed by atoms with van der Waals surface area (Å²) in [5.74, 6) is -0.334. The molecule has 0 aliphatic carbocycles. The van der Waals surface area contributed by atoms with E-state index in [2.05, 4.69) is 4.90 Å². The molecule has 3 rings (SSSR count). The summed E-state index contributed by atoms with van der Waals surface area (Å²) in [4.78, 5) is 29.5. The highest BCUT2D eigenvalue weighted by Gasteiger charge is 2.38. The van der Waals surface area contributed by atoms with Gasteiger partial charge in [-0.25, -0.2) is 9.59 Å². The monoisotopic (exact) mass is 402 g/mol. The lowest BCUT2D eigenvalue weighted by atomic mass is 10.1. The molecule has 0 unspecified atom stereocenters. The normalized spacial score (nSPS) is 21.6. The predicted molar refractivity (Wildman–Crippen MR) is 112 cm³/mol. The van der Waals surface area contributed by atoms with E-state index in [9.17, 15) is 9.59 Å². The second kappa shape index (κ2) is 9.61. The van der Waals surface area contributed by atoms with Crippen LogP contribution in [0, 0.1) is 0 Å². The molecule has 2 aliphatic heterocycles. The molecule has 29 heavy (non-hydrogen) atoms.